The van der Waals surface area contributed by atoms with Gasteiger partial charge in [-0.1, -0.05) is 0 Å². The molecule has 8 heteroatoms. The first-order valence-electron chi connectivity index (χ1n) is 9.13. The van der Waals surface area contributed by atoms with Crippen LogP contribution >= 0.6 is 0 Å². The molecule has 0 aromatic carbocycles. The Morgan fingerprint density at radius 1 is 1.44 bits per heavy atom. The number of carbonyl (C=O) groups is 1. The third-order valence-corrected chi connectivity index (χ3v) is 4.71. The normalized spacial score (nSPS) is 15.0. The molecule has 1 unspecified atom stereocenters. The van der Waals surface area contributed by atoms with Crippen LogP contribution < -0.4 is 5.32 Å². The number of hydrogen-bond acceptors (Lipinski definition) is 5. The quantitative estimate of drug-likeness (QED) is 0.725. The van der Waals surface area contributed by atoms with Crippen LogP contribution in [0, 0.1) is 17.2 Å². The largest absolute Gasteiger partial charge is 0.349 e. The van der Waals surface area contributed by atoms with E-state index in [1.165, 1.54) is 0 Å². The van der Waals surface area contributed by atoms with E-state index in [2.05, 4.69) is 26.5 Å². The molecule has 1 aliphatic carbocycles. The van der Waals surface area contributed by atoms with Gasteiger partial charge in [0.2, 0.25) is 0 Å². The van der Waals surface area contributed by atoms with E-state index in [9.17, 15) is 4.79 Å². The zero-order chi connectivity index (χ0) is 19.0. The predicted molar refractivity (Wildman–Crippen MR) is 98.8 cm³/mol. The minimum absolute atomic E-state index is 0.0201. The van der Waals surface area contributed by atoms with Crippen LogP contribution in [0.25, 0.3) is 17.0 Å². The fraction of sp³-hybridized carbons (Fsp3) is 0.421. The highest BCUT2D eigenvalue weighted by Gasteiger charge is 2.33. The van der Waals surface area contributed by atoms with E-state index in [1.54, 1.807) is 18.5 Å². The number of nitrogens with zero attached hydrogens (tertiary/aromatic N) is 6. The monoisotopic (exact) mass is 363 g/mol. The summed E-state index contributed by atoms with van der Waals surface area (Å²) in [7, 11) is 0. The van der Waals surface area contributed by atoms with Gasteiger partial charge >= 0.3 is 0 Å². The van der Waals surface area contributed by atoms with Crippen LogP contribution in [0.2, 0.25) is 0 Å². The van der Waals surface area contributed by atoms with E-state index < -0.39 is 0 Å². The van der Waals surface area contributed by atoms with Gasteiger partial charge < -0.3 is 5.32 Å². The summed E-state index contributed by atoms with van der Waals surface area (Å²) >= 11 is 0. The second-order valence-corrected chi connectivity index (χ2v) is 7.22. The molecule has 1 saturated carbocycles. The van der Waals surface area contributed by atoms with Crippen LogP contribution in [0.5, 0.6) is 0 Å². The molecule has 0 saturated heterocycles. The molecular formula is C19H21N7O. The van der Waals surface area contributed by atoms with Crippen molar-refractivity contribution in [3.63, 3.8) is 0 Å². The summed E-state index contributed by atoms with van der Waals surface area (Å²) in [5.74, 6) is 0.892. The molecule has 1 fully saturated rings. The van der Waals surface area contributed by atoms with Crippen LogP contribution in [0.4, 0.5) is 0 Å². The third-order valence-electron chi connectivity index (χ3n) is 4.71. The Bertz CT molecular complexity index is 1020. The Kier molecular flexibility index (Phi) is 4.36. The maximum Gasteiger partial charge on any atom is 0.270 e. The second kappa shape index (κ2) is 6.83. The molecule has 3 aromatic heterocycles. The van der Waals surface area contributed by atoms with Crippen molar-refractivity contribution >= 4 is 11.6 Å². The zero-order valence-electron chi connectivity index (χ0n) is 15.3. The molecule has 1 N–H and O–H groups in total. The fourth-order valence-electron chi connectivity index (χ4n) is 3.27. The van der Waals surface area contributed by atoms with Crippen LogP contribution in [-0.4, -0.2) is 36.1 Å². The summed E-state index contributed by atoms with van der Waals surface area (Å²) in [4.78, 5) is 21.3. The first kappa shape index (κ1) is 17.2. The Hall–Kier alpha value is -3.21. The molecule has 0 bridgehead atoms. The number of nitriles is 1. The Labute approximate surface area is 156 Å². The lowest BCUT2D eigenvalue weighted by molar-refractivity contribution is 0.0938. The highest BCUT2D eigenvalue weighted by Crippen LogP contribution is 2.41. The average molecular weight is 363 g/mol. The van der Waals surface area contributed by atoms with Crippen molar-refractivity contribution in [3.8, 4) is 17.5 Å². The number of imidazole rings is 1. The lowest BCUT2D eigenvalue weighted by Gasteiger charge is -2.13. The minimum atomic E-state index is -0.232. The molecule has 0 spiro atoms. The van der Waals surface area contributed by atoms with Gasteiger partial charge in [-0.3, -0.25) is 13.9 Å². The van der Waals surface area contributed by atoms with E-state index in [0.29, 0.717) is 29.5 Å². The maximum atomic E-state index is 12.4. The van der Waals surface area contributed by atoms with Gasteiger partial charge in [0.05, 0.1) is 30.3 Å². The summed E-state index contributed by atoms with van der Waals surface area (Å²) in [6, 6.07) is 4.05. The number of amides is 1. The first-order valence-corrected chi connectivity index (χ1v) is 9.13. The van der Waals surface area contributed by atoms with Gasteiger partial charge in [0.25, 0.3) is 5.91 Å². The Morgan fingerprint density at radius 3 is 2.96 bits per heavy atom. The van der Waals surface area contributed by atoms with Crippen molar-refractivity contribution < 1.29 is 4.79 Å². The summed E-state index contributed by atoms with van der Waals surface area (Å²) in [5, 5.41) is 16.5. The standard InChI is InChI=1S/C19H21N7O/c1-12(2)23-19(27)15-9-17-21-7-8-25(17)18(24-15)14-10-22-26(11-14)16(5-6-20)13-3-4-13/h7-13,16H,3-5H2,1-2H3,(H,23,27). The molecule has 27 heavy (non-hydrogen) atoms. The highest BCUT2D eigenvalue weighted by atomic mass is 16.1. The summed E-state index contributed by atoms with van der Waals surface area (Å²) < 4.78 is 3.70. The molecule has 1 amide bonds. The Morgan fingerprint density at radius 2 is 2.26 bits per heavy atom. The van der Waals surface area contributed by atoms with Gasteiger partial charge in [0, 0.05) is 30.7 Å². The van der Waals surface area contributed by atoms with E-state index in [0.717, 1.165) is 18.4 Å². The number of fused-ring (bicyclic) bond motifs is 1. The molecule has 0 aliphatic heterocycles. The van der Waals surface area contributed by atoms with Gasteiger partial charge in [-0.2, -0.15) is 10.4 Å². The predicted octanol–water partition coefficient (Wildman–Crippen LogP) is 2.60. The number of nitrogens with one attached hydrogen (secondary N) is 1. The summed E-state index contributed by atoms with van der Waals surface area (Å²) in [6.07, 6.45) is 9.85. The molecule has 4 rings (SSSR count). The molecule has 3 heterocycles. The number of aromatic nitrogens is 5. The average Bonchev–Trinajstić information content (AvgIpc) is 3.16. The highest BCUT2D eigenvalue weighted by molar-refractivity contribution is 5.93. The first-order chi connectivity index (χ1) is 13.1. The van der Waals surface area contributed by atoms with E-state index >= 15 is 0 Å². The lowest BCUT2D eigenvalue weighted by atomic mass is 10.1. The molecule has 3 aromatic rings. The fourth-order valence-corrected chi connectivity index (χ4v) is 3.27. The van der Waals surface area contributed by atoms with Crippen molar-refractivity contribution in [2.45, 2.75) is 45.2 Å². The molecule has 8 nitrogen and oxygen atoms in total. The maximum absolute atomic E-state index is 12.4. The van der Waals surface area contributed by atoms with Crippen LogP contribution in [0.3, 0.4) is 0 Å². The zero-order valence-corrected chi connectivity index (χ0v) is 15.3. The van der Waals surface area contributed by atoms with Crippen LogP contribution in [0.15, 0.2) is 30.9 Å². The van der Waals surface area contributed by atoms with Crippen LogP contribution in [0.1, 0.15) is 49.6 Å². The topological polar surface area (TPSA) is 101 Å². The Balaban J connectivity index is 1.74. The number of carbonyl (C=O) groups excluding carboxylic acids is 1. The van der Waals surface area contributed by atoms with Crippen molar-refractivity contribution in [1.82, 2.24) is 29.5 Å². The minimum Gasteiger partial charge on any atom is -0.349 e. The van der Waals surface area contributed by atoms with E-state index in [4.69, 9.17) is 5.26 Å². The van der Waals surface area contributed by atoms with Crippen molar-refractivity contribution in [2.75, 3.05) is 0 Å². The van der Waals surface area contributed by atoms with Gasteiger partial charge in [-0.25, -0.2) is 9.97 Å². The van der Waals surface area contributed by atoms with Gasteiger partial charge in [0.15, 0.2) is 0 Å². The van der Waals surface area contributed by atoms with Crippen molar-refractivity contribution in [2.24, 2.45) is 5.92 Å². The molecule has 1 aliphatic rings. The molecule has 0 radical (unpaired) electrons. The van der Waals surface area contributed by atoms with Crippen LogP contribution in [-0.2, 0) is 0 Å². The summed E-state index contributed by atoms with van der Waals surface area (Å²) in [5.41, 5.74) is 1.76. The van der Waals surface area contributed by atoms with Crippen molar-refractivity contribution in [1.29, 1.82) is 5.26 Å². The molecule has 138 valence electrons. The number of hydrogen-bond donors (Lipinski definition) is 1. The number of rotatable bonds is 6. The smallest absolute Gasteiger partial charge is 0.270 e. The van der Waals surface area contributed by atoms with Crippen molar-refractivity contribution in [3.05, 3.63) is 36.5 Å². The molecular weight excluding hydrogens is 342 g/mol. The second-order valence-electron chi connectivity index (χ2n) is 7.22. The SMILES string of the molecule is CC(C)NC(=O)c1cc2nccn2c(-c2cnn(C(CC#N)C3CC3)c2)n1. The van der Waals surface area contributed by atoms with E-state index in [1.807, 2.05) is 35.3 Å². The van der Waals surface area contributed by atoms with E-state index in [-0.39, 0.29) is 18.0 Å². The lowest BCUT2D eigenvalue weighted by Crippen LogP contribution is -2.31. The molecule has 1 atom stereocenters. The third kappa shape index (κ3) is 3.40. The summed E-state index contributed by atoms with van der Waals surface area (Å²) in [6.45, 7) is 3.81. The van der Waals surface area contributed by atoms with Gasteiger partial charge in [-0.15, -0.1) is 0 Å². The van der Waals surface area contributed by atoms with Gasteiger partial charge in [-0.05, 0) is 32.6 Å². The van der Waals surface area contributed by atoms with Gasteiger partial charge in [0.1, 0.15) is 17.2 Å².